The van der Waals surface area contributed by atoms with Gasteiger partial charge in [0.1, 0.15) is 0 Å². The molecular formula is C16H11F3O. The van der Waals surface area contributed by atoms with Gasteiger partial charge in [0.15, 0.2) is 5.60 Å². The molecule has 0 saturated heterocycles. The predicted molar refractivity (Wildman–Crippen MR) is 69.7 cm³/mol. The molecule has 0 radical (unpaired) electrons. The minimum atomic E-state index is -4.59. The van der Waals surface area contributed by atoms with Crippen LogP contribution in [0.1, 0.15) is 16.7 Å². The summed E-state index contributed by atoms with van der Waals surface area (Å²) >= 11 is 0. The molecule has 2 aromatic rings. The topological polar surface area (TPSA) is 20.2 Å². The molecule has 20 heavy (non-hydrogen) atoms. The first-order chi connectivity index (χ1) is 9.39. The molecule has 0 aliphatic carbocycles. The third-order valence-electron chi connectivity index (χ3n) is 3.02. The number of hydrogen-bond acceptors (Lipinski definition) is 1. The lowest BCUT2D eigenvalue weighted by atomic mass is 9.84. The van der Waals surface area contributed by atoms with Crippen LogP contribution in [0.25, 0.3) is 0 Å². The molecule has 0 aromatic heterocycles. The molecule has 1 nitrogen and oxygen atoms in total. The van der Waals surface area contributed by atoms with Crippen LogP contribution in [0.3, 0.4) is 0 Å². The second kappa shape index (κ2) is 5.03. The zero-order valence-electron chi connectivity index (χ0n) is 10.4. The Labute approximate surface area is 114 Å². The Balaban J connectivity index is 2.69. The standard InChI is InChI=1S/C16H11F3O/c1-2-15(20,12-8-4-3-5-9-12)13-10-6-7-11-14(13)16(17,18)19/h1,3-11,20H. The number of rotatable bonds is 2. The minimum absolute atomic E-state index is 0.221. The SMILES string of the molecule is C#CC(O)(c1ccccc1)c1ccccc1C(F)(F)F. The fraction of sp³-hybridized carbons (Fsp3) is 0.125. The number of halogens is 3. The van der Waals surface area contributed by atoms with Gasteiger partial charge in [0, 0.05) is 11.1 Å². The van der Waals surface area contributed by atoms with E-state index in [1.165, 1.54) is 30.3 Å². The molecule has 1 unspecified atom stereocenters. The van der Waals surface area contributed by atoms with Gasteiger partial charge in [0.25, 0.3) is 0 Å². The monoisotopic (exact) mass is 276 g/mol. The second-order valence-electron chi connectivity index (χ2n) is 4.26. The van der Waals surface area contributed by atoms with Gasteiger partial charge >= 0.3 is 6.18 Å². The molecule has 4 heteroatoms. The van der Waals surface area contributed by atoms with Crippen LogP contribution in [0.5, 0.6) is 0 Å². The highest BCUT2D eigenvalue weighted by Crippen LogP contribution is 2.39. The van der Waals surface area contributed by atoms with Crippen molar-refractivity contribution in [1.82, 2.24) is 0 Å². The predicted octanol–water partition coefficient (Wildman–Crippen LogP) is 3.57. The highest BCUT2D eigenvalue weighted by molar-refractivity contribution is 5.48. The summed E-state index contributed by atoms with van der Waals surface area (Å²) in [6.07, 6.45) is 0.729. The van der Waals surface area contributed by atoms with Crippen molar-refractivity contribution in [2.45, 2.75) is 11.8 Å². The van der Waals surface area contributed by atoms with Crippen LogP contribution in [0.2, 0.25) is 0 Å². The van der Waals surface area contributed by atoms with Gasteiger partial charge in [-0.3, -0.25) is 0 Å². The second-order valence-corrected chi connectivity index (χ2v) is 4.26. The van der Waals surface area contributed by atoms with Gasteiger partial charge in [0.2, 0.25) is 0 Å². The molecule has 0 aliphatic heterocycles. The van der Waals surface area contributed by atoms with Gasteiger partial charge in [-0.2, -0.15) is 13.2 Å². The molecular weight excluding hydrogens is 265 g/mol. The van der Waals surface area contributed by atoms with E-state index in [1.54, 1.807) is 18.2 Å². The molecule has 0 amide bonds. The van der Waals surface area contributed by atoms with Gasteiger partial charge < -0.3 is 5.11 Å². The fourth-order valence-electron chi connectivity index (χ4n) is 2.04. The number of hydrogen-bond donors (Lipinski definition) is 1. The van der Waals surface area contributed by atoms with Gasteiger partial charge in [0.05, 0.1) is 5.56 Å². The van der Waals surface area contributed by atoms with Crippen molar-refractivity contribution < 1.29 is 18.3 Å². The van der Waals surface area contributed by atoms with E-state index in [2.05, 4.69) is 5.92 Å². The molecule has 2 rings (SSSR count). The van der Waals surface area contributed by atoms with E-state index in [-0.39, 0.29) is 11.1 Å². The normalized spacial score (nSPS) is 14.3. The molecule has 1 atom stereocenters. The van der Waals surface area contributed by atoms with E-state index in [1.807, 2.05) is 0 Å². The van der Waals surface area contributed by atoms with Gasteiger partial charge in [-0.25, -0.2) is 0 Å². The van der Waals surface area contributed by atoms with Gasteiger partial charge in [-0.15, -0.1) is 6.42 Å². The quantitative estimate of drug-likeness (QED) is 0.831. The largest absolute Gasteiger partial charge is 0.416 e. The summed E-state index contributed by atoms with van der Waals surface area (Å²) in [6, 6.07) is 12.7. The summed E-state index contributed by atoms with van der Waals surface area (Å²) in [5.74, 6) is 2.08. The van der Waals surface area contributed by atoms with Crippen LogP contribution in [-0.4, -0.2) is 5.11 Å². The Morgan fingerprint density at radius 2 is 1.35 bits per heavy atom. The van der Waals surface area contributed by atoms with Crippen LogP contribution in [0.4, 0.5) is 13.2 Å². The van der Waals surface area contributed by atoms with E-state index in [9.17, 15) is 18.3 Å². The van der Waals surface area contributed by atoms with Crippen LogP contribution in [0.15, 0.2) is 54.6 Å². The van der Waals surface area contributed by atoms with Crippen molar-refractivity contribution in [3.05, 3.63) is 71.3 Å². The number of aliphatic hydroxyl groups is 1. The average Bonchev–Trinajstić information content (AvgIpc) is 2.46. The maximum atomic E-state index is 13.1. The van der Waals surface area contributed by atoms with Crippen LogP contribution >= 0.6 is 0 Å². The first-order valence-corrected chi connectivity index (χ1v) is 5.82. The Bertz CT molecular complexity index is 641. The lowest BCUT2D eigenvalue weighted by Gasteiger charge is -2.26. The third kappa shape index (κ3) is 2.40. The number of terminal acetylenes is 1. The van der Waals surface area contributed by atoms with Gasteiger partial charge in [-0.1, -0.05) is 54.5 Å². The summed E-state index contributed by atoms with van der Waals surface area (Å²) in [4.78, 5) is 0. The van der Waals surface area contributed by atoms with E-state index in [4.69, 9.17) is 6.42 Å². The highest BCUT2D eigenvalue weighted by Gasteiger charge is 2.40. The molecule has 0 aliphatic rings. The van der Waals surface area contributed by atoms with Crippen molar-refractivity contribution >= 4 is 0 Å². The summed E-state index contributed by atoms with van der Waals surface area (Å²) < 4.78 is 39.2. The third-order valence-corrected chi connectivity index (χ3v) is 3.02. The number of alkyl halides is 3. The van der Waals surface area contributed by atoms with Crippen molar-refractivity contribution in [2.75, 3.05) is 0 Å². The summed E-state index contributed by atoms with van der Waals surface area (Å²) in [5, 5.41) is 10.6. The van der Waals surface area contributed by atoms with Crippen molar-refractivity contribution in [2.24, 2.45) is 0 Å². The summed E-state index contributed by atoms with van der Waals surface area (Å²) in [5.41, 5.74) is -3.18. The lowest BCUT2D eigenvalue weighted by molar-refractivity contribution is -0.139. The number of benzene rings is 2. The maximum Gasteiger partial charge on any atom is 0.416 e. The Morgan fingerprint density at radius 1 is 0.850 bits per heavy atom. The van der Waals surface area contributed by atoms with E-state index >= 15 is 0 Å². The Kier molecular flexibility index (Phi) is 3.56. The Morgan fingerprint density at radius 3 is 1.85 bits per heavy atom. The maximum absolute atomic E-state index is 13.1. The fourth-order valence-corrected chi connectivity index (χ4v) is 2.04. The minimum Gasteiger partial charge on any atom is -0.369 e. The highest BCUT2D eigenvalue weighted by atomic mass is 19.4. The van der Waals surface area contributed by atoms with E-state index in [0.29, 0.717) is 0 Å². The summed E-state index contributed by atoms with van der Waals surface area (Å²) in [7, 11) is 0. The molecule has 0 saturated carbocycles. The Hall–Kier alpha value is -2.25. The zero-order valence-corrected chi connectivity index (χ0v) is 10.4. The molecule has 2 aromatic carbocycles. The van der Waals surface area contributed by atoms with Crippen molar-refractivity contribution in [1.29, 1.82) is 0 Å². The smallest absolute Gasteiger partial charge is 0.369 e. The molecule has 0 heterocycles. The molecule has 0 bridgehead atoms. The average molecular weight is 276 g/mol. The molecule has 1 N–H and O–H groups in total. The first-order valence-electron chi connectivity index (χ1n) is 5.82. The van der Waals surface area contributed by atoms with Gasteiger partial charge in [-0.05, 0) is 6.07 Å². The summed E-state index contributed by atoms with van der Waals surface area (Å²) in [6.45, 7) is 0. The van der Waals surface area contributed by atoms with Crippen LogP contribution in [-0.2, 0) is 11.8 Å². The van der Waals surface area contributed by atoms with Crippen LogP contribution in [0, 0.1) is 12.3 Å². The first kappa shape index (κ1) is 14.2. The lowest BCUT2D eigenvalue weighted by Crippen LogP contribution is -2.28. The molecule has 102 valence electrons. The zero-order chi connectivity index (χ0) is 14.8. The van der Waals surface area contributed by atoms with Crippen molar-refractivity contribution in [3.8, 4) is 12.3 Å². The van der Waals surface area contributed by atoms with E-state index < -0.39 is 17.3 Å². The van der Waals surface area contributed by atoms with Crippen molar-refractivity contribution in [3.63, 3.8) is 0 Å². The van der Waals surface area contributed by atoms with Crippen LogP contribution < -0.4 is 0 Å². The van der Waals surface area contributed by atoms with E-state index in [0.717, 1.165) is 6.07 Å². The molecule has 0 spiro atoms. The molecule has 0 fully saturated rings.